The Kier molecular flexibility index (Phi) is 6.84. The van der Waals surface area contributed by atoms with Crippen LogP contribution in [0.4, 0.5) is 5.69 Å². The highest BCUT2D eigenvalue weighted by Gasteiger charge is 2.22. The molecule has 0 saturated carbocycles. The number of halogens is 2. The van der Waals surface area contributed by atoms with Crippen molar-refractivity contribution in [3.63, 3.8) is 0 Å². The standard InChI is InChI=1S/C14H15N3O2.2ClH/c18-14(13-9-15-7-8-19-13)17-12-5-1-4-11-10(12)3-2-6-16-11;;/h1-6,13,15H,7-9H2,(H,17,18);2*1H. The fraction of sp³-hybridized carbons (Fsp3) is 0.286. The van der Waals surface area contributed by atoms with E-state index in [9.17, 15) is 4.79 Å². The van der Waals surface area contributed by atoms with E-state index in [0.717, 1.165) is 23.1 Å². The van der Waals surface area contributed by atoms with Gasteiger partial charge >= 0.3 is 0 Å². The molecule has 1 aromatic carbocycles. The Morgan fingerprint density at radius 1 is 1.29 bits per heavy atom. The molecule has 2 N–H and O–H groups in total. The molecule has 0 aliphatic carbocycles. The maximum absolute atomic E-state index is 12.1. The van der Waals surface area contributed by atoms with Crippen LogP contribution in [0.1, 0.15) is 0 Å². The second-order valence-electron chi connectivity index (χ2n) is 4.43. The summed E-state index contributed by atoms with van der Waals surface area (Å²) >= 11 is 0. The minimum atomic E-state index is -0.430. The molecule has 1 unspecified atom stereocenters. The molecule has 5 nitrogen and oxygen atoms in total. The number of morpholine rings is 1. The number of pyridine rings is 1. The van der Waals surface area contributed by atoms with E-state index in [1.54, 1.807) is 6.20 Å². The van der Waals surface area contributed by atoms with Crippen molar-refractivity contribution < 1.29 is 9.53 Å². The average molecular weight is 330 g/mol. The first-order chi connectivity index (χ1) is 9.34. The summed E-state index contributed by atoms with van der Waals surface area (Å²) in [4.78, 5) is 16.4. The second-order valence-corrected chi connectivity index (χ2v) is 4.43. The van der Waals surface area contributed by atoms with E-state index < -0.39 is 6.10 Å². The maximum Gasteiger partial charge on any atom is 0.254 e. The molecule has 2 heterocycles. The number of carbonyl (C=O) groups is 1. The first-order valence-corrected chi connectivity index (χ1v) is 6.31. The molecule has 7 heteroatoms. The Balaban J connectivity index is 0.00000110. The fourth-order valence-corrected chi connectivity index (χ4v) is 2.16. The van der Waals surface area contributed by atoms with Gasteiger partial charge in [-0.05, 0) is 24.3 Å². The van der Waals surface area contributed by atoms with Crippen molar-refractivity contribution in [1.29, 1.82) is 0 Å². The smallest absolute Gasteiger partial charge is 0.254 e. The van der Waals surface area contributed by atoms with Crippen LogP contribution in [0.5, 0.6) is 0 Å². The molecule has 0 radical (unpaired) electrons. The SMILES string of the molecule is Cl.Cl.O=C(Nc1cccc2ncccc12)C1CNCCO1. The van der Waals surface area contributed by atoms with Gasteiger partial charge in [-0.3, -0.25) is 9.78 Å². The van der Waals surface area contributed by atoms with Crippen LogP contribution < -0.4 is 10.6 Å². The van der Waals surface area contributed by atoms with E-state index in [-0.39, 0.29) is 30.7 Å². The van der Waals surface area contributed by atoms with Crippen LogP contribution in [0, 0.1) is 0 Å². The van der Waals surface area contributed by atoms with E-state index in [1.807, 2.05) is 30.3 Å². The van der Waals surface area contributed by atoms with Gasteiger partial charge in [0.15, 0.2) is 0 Å². The van der Waals surface area contributed by atoms with Gasteiger partial charge in [-0.25, -0.2) is 0 Å². The van der Waals surface area contributed by atoms with Gasteiger partial charge in [0.25, 0.3) is 5.91 Å². The van der Waals surface area contributed by atoms with Crippen molar-refractivity contribution in [1.82, 2.24) is 10.3 Å². The first kappa shape index (κ1) is 17.7. The van der Waals surface area contributed by atoms with Gasteiger partial charge in [-0.2, -0.15) is 0 Å². The maximum atomic E-state index is 12.1. The molecular formula is C14H17Cl2N3O2. The number of aromatic nitrogens is 1. The lowest BCUT2D eigenvalue weighted by Gasteiger charge is -2.22. The summed E-state index contributed by atoms with van der Waals surface area (Å²) in [7, 11) is 0. The van der Waals surface area contributed by atoms with Crippen molar-refractivity contribution >= 4 is 47.3 Å². The molecule has 1 aliphatic heterocycles. The Labute approximate surface area is 135 Å². The first-order valence-electron chi connectivity index (χ1n) is 6.31. The summed E-state index contributed by atoms with van der Waals surface area (Å²) in [5, 5.41) is 6.98. The van der Waals surface area contributed by atoms with E-state index in [4.69, 9.17) is 4.74 Å². The number of benzene rings is 1. The zero-order chi connectivity index (χ0) is 13.1. The van der Waals surface area contributed by atoms with Gasteiger partial charge in [0, 0.05) is 24.7 Å². The zero-order valence-corrected chi connectivity index (χ0v) is 12.9. The molecule has 1 atom stereocenters. The normalized spacial score (nSPS) is 17.4. The van der Waals surface area contributed by atoms with Crippen molar-refractivity contribution in [3.8, 4) is 0 Å². The van der Waals surface area contributed by atoms with Crippen molar-refractivity contribution in [2.75, 3.05) is 25.0 Å². The number of anilines is 1. The molecule has 3 rings (SSSR count). The van der Waals surface area contributed by atoms with E-state index in [0.29, 0.717) is 13.2 Å². The quantitative estimate of drug-likeness (QED) is 0.884. The van der Waals surface area contributed by atoms with Crippen molar-refractivity contribution in [2.45, 2.75) is 6.10 Å². The van der Waals surface area contributed by atoms with Crippen LogP contribution in [-0.2, 0) is 9.53 Å². The molecule has 0 spiro atoms. The van der Waals surface area contributed by atoms with Crippen LogP contribution in [-0.4, -0.2) is 36.7 Å². The third-order valence-electron chi connectivity index (χ3n) is 3.12. The zero-order valence-electron chi connectivity index (χ0n) is 11.2. The van der Waals surface area contributed by atoms with Crippen LogP contribution in [0.3, 0.4) is 0 Å². The van der Waals surface area contributed by atoms with Gasteiger partial charge < -0.3 is 15.4 Å². The second kappa shape index (κ2) is 8.14. The molecule has 1 aromatic heterocycles. The summed E-state index contributed by atoms with van der Waals surface area (Å²) in [6, 6.07) is 9.47. The summed E-state index contributed by atoms with van der Waals surface area (Å²) in [5.74, 6) is -0.122. The Hall–Kier alpha value is -1.40. The molecule has 21 heavy (non-hydrogen) atoms. The fourth-order valence-electron chi connectivity index (χ4n) is 2.16. The molecule has 2 aromatic rings. The molecule has 1 amide bonds. The number of hydrogen-bond acceptors (Lipinski definition) is 4. The molecule has 1 fully saturated rings. The summed E-state index contributed by atoms with van der Waals surface area (Å²) < 4.78 is 5.43. The molecule has 114 valence electrons. The highest BCUT2D eigenvalue weighted by Crippen LogP contribution is 2.21. The Morgan fingerprint density at radius 3 is 2.90 bits per heavy atom. The lowest BCUT2D eigenvalue weighted by Crippen LogP contribution is -2.45. The minimum Gasteiger partial charge on any atom is -0.366 e. The number of rotatable bonds is 2. The van der Waals surface area contributed by atoms with Gasteiger partial charge in [-0.15, -0.1) is 24.8 Å². The molecular weight excluding hydrogens is 313 g/mol. The summed E-state index contributed by atoms with van der Waals surface area (Å²) in [6.07, 6.45) is 1.31. The van der Waals surface area contributed by atoms with Gasteiger partial charge in [0.1, 0.15) is 6.10 Å². The number of ether oxygens (including phenoxy) is 1. The van der Waals surface area contributed by atoms with E-state index in [1.165, 1.54) is 0 Å². The van der Waals surface area contributed by atoms with Crippen LogP contribution >= 0.6 is 24.8 Å². The number of carbonyl (C=O) groups excluding carboxylic acids is 1. The highest BCUT2D eigenvalue weighted by molar-refractivity contribution is 6.02. The predicted molar refractivity (Wildman–Crippen MR) is 87.5 cm³/mol. The molecule has 0 bridgehead atoms. The number of nitrogens with one attached hydrogen (secondary N) is 2. The Morgan fingerprint density at radius 2 is 2.14 bits per heavy atom. The summed E-state index contributed by atoms with van der Waals surface area (Å²) in [5.41, 5.74) is 1.63. The third kappa shape index (κ3) is 4.04. The number of nitrogens with zero attached hydrogens (tertiary/aromatic N) is 1. The van der Waals surface area contributed by atoms with Gasteiger partial charge in [0.2, 0.25) is 0 Å². The van der Waals surface area contributed by atoms with Gasteiger partial charge in [-0.1, -0.05) is 6.07 Å². The highest BCUT2D eigenvalue weighted by atomic mass is 35.5. The monoisotopic (exact) mass is 329 g/mol. The van der Waals surface area contributed by atoms with Crippen LogP contribution in [0.25, 0.3) is 10.9 Å². The molecule has 1 saturated heterocycles. The van der Waals surface area contributed by atoms with Crippen LogP contribution in [0.15, 0.2) is 36.5 Å². The molecule has 1 aliphatic rings. The topological polar surface area (TPSA) is 63.2 Å². The van der Waals surface area contributed by atoms with E-state index >= 15 is 0 Å². The summed E-state index contributed by atoms with van der Waals surface area (Å²) in [6.45, 7) is 1.91. The Bertz CT molecular complexity index is 598. The lowest BCUT2D eigenvalue weighted by atomic mass is 10.1. The lowest BCUT2D eigenvalue weighted by molar-refractivity contribution is -0.128. The predicted octanol–water partition coefficient (Wildman–Crippen LogP) is 2.01. The largest absolute Gasteiger partial charge is 0.366 e. The van der Waals surface area contributed by atoms with Gasteiger partial charge in [0.05, 0.1) is 17.8 Å². The minimum absolute atomic E-state index is 0. The number of fused-ring (bicyclic) bond motifs is 1. The van der Waals surface area contributed by atoms with Crippen molar-refractivity contribution in [3.05, 3.63) is 36.5 Å². The van der Waals surface area contributed by atoms with Crippen LogP contribution in [0.2, 0.25) is 0 Å². The van der Waals surface area contributed by atoms with E-state index in [2.05, 4.69) is 15.6 Å². The number of hydrogen-bond donors (Lipinski definition) is 2. The van der Waals surface area contributed by atoms with Crippen molar-refractivity contribution in [2.24, 2.45) is 0 Å². The number of amides is 1. The average Bonchev–Trinajstić information content (AvgIpc) is 2.48. The third-order valence-corrected chi connectivity index (χ3v) is 3.12.